The molecule has 0 aliphatic carbocycles. The molecule has 25 heavy (non-hydrogen) atoms. The molecule has 1 aromatic heterocycles. The molecule has 3 rings (SSSR count). The van der Waals surface area contributed by atoms with Crippen LogP contribution in [0, 0.1) is 0 Å². The second-order valence-corrected chi connectivity index (χ2v) is 6.86. The Morgan fingerprint density at radius 3 is 2.64 bits per heavy atom. The molecule has 130 valence electrons. The van der Waals surface area contributed by atoms with Crippen molar-refractivity contribution < 1.29 is 22.6 Å². The molecule has 3 aromatic rings. The number of ether oxygens (including phenoxy) is 1. The Labute approximate surface area is 143 Å². The van der Waals surface area contributed by atoms with Crippen molar-refractivity contribution in [2.45, 2.75) is 18.2 Å². The average molecular weight is 361 g/mol. The van der Waals surface area contributed by atoms with Gasteiger partial charge in [0.2, 0.25) is 0 Å². The second kappa shape index (κ2) is 6.89. The zero-order valence-electron chi connectivity index (χ0n) is 13.3. The van der Waals surface area contributed by atoms with Gasteiger partial charge in [0.25, 0.3) is 10.0 Å². The lowest BCUT2D eigenvalue weighted by Crippen LogP contribution is -2.13. The molecule has 0 atom stereocenters. The maximum atomic E-state index is 12.6. The molecule has 2 aromatic carbocycles. The fourth-order valence-electron chi connectivity index (χ4n) is 2.16. The largest absolute Gasteiger partial charge is 0.462 e. The number of benzene rings is 2. The summed E-state index contributed by atoms with van der Waals surface area (Å²) in [6.07, 6.45) is 0.728. The van der Waals surface area contributed by atoms with E-state index in [2.05, 4.69) is 19.7 Å². The third-order valence-corrected chi connectivity index (χ3v) is 4.76. The second-order valence-electron chi connectivity index (χ2n) is 5.21. The molecule has 9 heteroatoms. The predicted molar refractivity (Wildman–Crippen MR) is 89.6 cm³/mol. The van der Waals surface area contributed by atoms with Crippen molar-refractivity contribution >= 4 is 32.7 Å². The first kappa shape index (κ1) is 16.9. The standard InChI is InChI=1S/C16H15N3O5S/c1-2-10-23-16(20)11-6-8-12(9-7-11)19-25(21,22)14-5-3-4-13-15(14)18-24-17-13/h3-9,19H,2,10H2,1H3. The number of anilines is 1. The highest BCUT2D eigenvalue weighted by Gasteiger charge is 2.20. The molecule has 0 saturated carbocycles. The highest BCUT2D eigenvalue weighted by Crippen LogP contribution is 2.22. The van der Waals surface area contributed by atoms with E-state index < -0.39 is 16.0 Å². The van der Waals surface area contributed by atoms with Gasteiger partial charge in [-0.2, -0.15) is 0 Å². The van der Waals surface area contributed by atoms with Crippen LogP contribution in [0.3, 0.4) is 0 Å². The zero-order valence-corrected chi connectivity index (χ0v) is 14.1. The van der Waals surface area contributed by atoms with Crippen LogP contribution in [0.2, 0.25) is 0 Å². The summed E-state index contributed by atoms with van der Waals surface area (Å²) in [5, 5.41) is 7.25. The van der Waals surface area contributed by atoms with E-state index in [9.17, 15) is 13.2 Å². The summed E-state index contributed by atoms with van der Waals surface area (Å²) in [5.74, 6) is -0.449. The van der Waals surface area contributed by atoms with Crippen molar-refractivity contribution in [3.05, 3.63) is 48.0 Å². The Hall–Kier alpha value is -2.94. The summed E-state index contributed by atoms with van der Waals surface area (Å²) in [7, 11) is -3.89. The van der Waals surface area contributed by atoms with Crippen molar-refractivity contribution in [1.82, 2.24) is 10.3 Å². The lowest BCUT2D eigenvalue weighted by Gasteiger charge is -2.09. The summed E-state index contributed by atoms with van der Waals surface area (Å²) < 4.78 is 37.2. The van der Waals surface area contributed by atoms with Crippen LogP contribution in [-0.2, 0) is 14.8 Å². The average Bonchev–Trinajstić information content (AvgIpc) is 3.08. The predicted octanol–water partition coefficient (Wildman–Crippen LogP) is 2.59. The van der Waals surface area contributed by atoms with Gasteiger partial charge in [-0.15, -0.1) is 0 Å². The molecule has 1 N–H and O–H groups in total. The molecule has 0 bridgehead atoms. The molecule has 0 aliphatic heterocycles. The summed E-state index contributed by atoms with van der Waals surface area (Å²) >= 11 is 0. The normalized spacial score (nSPS) is 11.4. The van der Waals surface area contributed by atoms with Gasteiger partial charge in [0.15, 0.2) is 5.52 Å². The smallest absolute Gasteiger partial charge is 0.338 e. The SMILES string of the molecule is CCCOC(=O)c1ccc(NS(=O)(=O)c2cccc3nonc23)cc1. The number of nitrogens with one attached hydrogen (secondary N) is 1. The van der Waals surface area contributed by atoms with Crippen molar-refractivity contribution in [2.75, 3.05) is 11.3 Å². The van der Waals surface area contributed by atoms with Gasteiger partial charge in [0.05, 0.1) is 12.2 Å². The van der Waals surface area contributed by atoms with E-state index in [4.69, 9.17) is 4.74 Å². The minimum absolute atomic E-state index is 0.0438. The quantitative estimate of drug-likeness (QED) is 0.672. The maximum absolute atomic E-state index is 12.6. The first-order valence-electron chi connectivity index (χ1n) is 7.52. The number of esters is 1. The monoisotopic (exact) mass is 361 g/mol. The molecular formula is C16H15N3O5S. The summed E-state index contributed by atoms with van der Waals surface area (Å²) in [4.78, 5) is 11.7. The number of sulfonamides is 1. The fraction of sp³-hybridized carbons (Fsp3) is 0.188. The van der Waals surface area contributed by atoms with Gasteiger partial charge in [0, 0.05) is 5.69 Å². The van der Waals surface area contributed by atoms with Crippen molar-refractivity contribution in [3.8, 4) is 0 Å². The Kier molecular flexibility index (Phi) is 4.66. The number of carbonyl (C=O) groups excluding carboxylic acids is 1. The van der Waals surface area contributed by atoms with Crippen LogP contribution in [0.25, 0.3) is 11.0 Å². The molecule has 8 nitrogen and oxygen atoms in total. The number of hydrogen-bond acceptors (Lipinski definition) is 7. The van der Waals surface area contributed by atoms with Gasteiger partial charge in [-0.05, 0) is 53.1 Å². The molecule has 0 radical (unpaired) electrons. The van der Waals surface area contributed by atoms with Crippen LogP contribution in [0.4, 0.5) is 5.69 Å². The molecule has 0 saturated heterocycles. The fourth-order valence-corrected chi connectivity index (χ4v) is 3.37. The lowest BCUT2D eigenvalue weighted by molar-refractivity contribution is 0.0505. The number of fused-ring (bicyclic) bond motifs is 1. The number of hydrogen-bond donors (Lipinski definition) is 1. The molecule has 1 heterocycles. The third kappa shape index (κ3) is 3.61. The van der Waals surface area contributed by atoms with Crippen molar-refractivity contribution in [3.63, 3.8) is 0 Å². The van der Waals surface area contributed by atoms with Gasteiger partial charge in [-0.3, -0.25) is 4.72 Å². The minimum atomic E-state index is -3.89. The lowest BCUT2D eigenvalue weighted by atomic mass is 10.2. The van der Waals surface area contributed by atoms with Gasteiger partial charge >= 0.3 is 5.97 Å². The van der Waals surface area contributed by atoms with Crippen molar-refractivity contribution in [2.24, 2.45) is 0 Å². The Morgan fingerprint density at radius 1 is 1.16 bits per heavy atom. The highest BCUT2D eigenvalue weighted by atomic mass is 32.2. The molecular weight excluding hydrogens is 346 g/mol. The Bertz CT molecular complexity index is 996. The highest BCUT2D eigenvalue weighted by molar-refractivity contribution is 7.93. The van der Waals surface area contributed by atoms with Crippen LogP contribution in [0.15, 0.2) is 52.0 Å². The first-order valence-corrected chi connectivity index (χ1v) is 9.01. The Balaban J connectivity index is 1.82. The van der Waals surface area contributed by atoms with Crippen LogP contribution >= 0.6 is 0 Å². The number of nitrogens with zero attached hydrogens (tertiary/aromatic N) is 2. The van der Waals surface area contributed by atoms with Gasteiger partial charge in [0.1, 0.15) is 10.4 Å². The molecule has 0 unspecified atom stereocenters. The van der Waals surface area contributed by atoms with Gasteiger partial charge in [-0.25, -0.2) is 17.8 Å². The summed E-state index contributed by atoms with van der Waals surface area (Å²) in [5.41, 5.74) is 1.14. The summed E-state index contributed by atoms with van der Waals surface area (Å²) in [6, 6.07) is 10.5. The van der Waals surface area contributed by atoms with E-state index in [1.165, 1.54) is 30.3 Å². The van der Waals surface area contributed by atoms with E-state index in [1.54, 1.807) is 12.1 Å². The van der Waals surface area contributed by atoms with Crippen LogP contribution in [0.1, 0.15) is 23.7 Å². The van der Waals surface area contributed by atoms with Crippen molar-refractivity contribution in [1.29, 1.82) is 0 Å². The minimum Gasteiger partial charge on any atom is -0.462 e. The summed E-state index contributed by atoms with van der Waals surface area (Å²) in [6.45, 7) is 2.24. The van der Waals surface area contributed by atoms with E-state index in [-0.39, 0.29) is 10.4 Å². The van der Waals surface area contributed by atoms with Gasteiger partial charge < -0.3 is 4.74 Å². The number of rotatable bonds is 6. The Morgan fingerprint density at radius 2 is 1.92 bits per heavy atom. The molecule has 0 spiro atoms. The molecule has 0 aliphatic rings. The van der Waals surface area contributed by atoms with Crippen LogP contribution in [0.5, 0.6) is 0 Å². The van der Waals surface area contributed by atoms with E-state index >= 15 is 0 Å². The van der Waals surface area contributed by atoms with Crippen LogP contribution in [-0.4, -0.2) is 31.3 Å². The topological polar surface area (TPSA) is 111 Å². The van der Waals surface area contributed by atoms with E-state index in [0.29, 0.717) is 23.4 Å². The third-order valence-electron chi connectivity index (χ3n) is 3.35. The first-order chi connectivity index (χ1) is 12.0. The van der Waals surface area contributed by atoms with Crippen LogP contribution < -0.4 is 4.72 Å². The van der Waals surface area contributed by atoms with E-state index in [1.807, 2.05) is 6.92 Å². The maximum Gasteiger partial charge on any atom is 0.338 e. The molecule has 0 amide bonds. The number of carbonyl (C=O) groups is 1. The van der Waals surface area contributed by atoms with Gasteiger partial charge in [-0.1, -0.05) is 13.0 Å². The number of aromatic nitrogens is 2. The van der Waals surface area contributed by atoms with E-state index in [0.717, 1.165) is 6.42 Å². The molecule has 0 fully saturated rings. The zero-order chi connectivity index (χ0) is 17.9.